The highest BCUT2D eigenvalue weighted by atomic mass is 35.5. The lowest BCUT2D eigenvalue weighted by molar-refractivity contribution is 0.0945. The molecule has 0 aromatic heterocycles. The van der Waals surface area contributed by atoms with Crippen LogP contribution in [0.15, 0.2) is 23.4 Å². The van der Waals surface area contributed by atoms with Crippen molar-refractivity contribution in [3.05, 3.63) is 33.8 Å². The highest BCUT2D eigenvalue weighted by Crippen LogP contribution is 2.19. The second-order valence-corrected chi connectivity index (χ2v) is 4.49. The molecule has 5 nitrogen and oxygen atoms in total. The van der Waals surface area contributed by atoms with E-state index in [1.165, 1.54) is 18.2 Å². The summed E-state index contributed by atoms with van der Waals surface area (Å²) in [5, 5.41) is 14.8. The lowest BCUT2D eigenvalue weighted by Crippen LogP contribution is -2.44. The first-order valence-electron chi connectivity index (χ1n) is 5.22. The van der Waals surface area contributed by atoms with Crippen LogP contribution in [-0.4, -0.2) is 23.0 Å². The van der Waals surface area contributed by atoms with Crippen LogP contribution in [0, 0.1) is 0 Å². The summed E-state index contributed by atoms with van der Waals surface area (Å²) in [7, 11) is 0. The summed E-state index contributed by atoms with van der Waals surface area (Å²) in [5.74, 6) is -0.447. The number of nitrogens with one attached hydrogen (secondary N) is 1. The van der Waals surface area contributed by atoms with Gasteiger partial charge in [-0.1, -0.05) is 35.3 Å². The van der Waals surface area contributed by atoms with Crippen molar-refractivity contribution in [1.82, 2.24) is 5.32 Å². The number of carbonyl (C=O) groups is 1. The fourth-order valence-corrected chi connectivity index (χ4v) is 1.91. The molecule has 0 aliphatic carbocycles. The molecule has 1 aromatic rings. The maximum Gasteiger partial charge on any atom is 0.251 e. The van der Waals surface area contributed by atoms with Crippen molar-refractivity contribution < 1.29 is 10.0 Å². The minimum Gasteiger partial charge on any atom is -0.409 e. The van der Waals surface area contributed by atoms with Gasteiger partial charge in [-0.3, -0.25) is 4.79 Å². The number of hydrogen-bond acceptors (Lipinski definition) is 3. The Kier molecular flexibility index (Phi) is 5.25. The third kappa shape index (κ3) is 3.78. The summed E-state index contributed by atoms with van der Waals surface area (Å²) >= 11 is 11.6. The van der Waals surface area contributed by atoms with Crippen LogP contribution in [0.2, 0.25) is 10.0 Å². The van der Waals surface area contributed by atoms with Crippen molar-refractivity contribution in [2.45, 2.75) is 19.4 Å². The molecule has 7 heteroatoms. The van der Waals surface area contributed by atoms with Gasteiger partial charge in [0.15, 0.2) is 5.84 Å². The first-order valence-corrected chi connectivity index (χ1v) is 5.98. The number of hydrogen-bond donors (Lipinski definition) is 3. The third-order valence-corrected chi connectivity index (χ3v) is 2.75. The van der Waals surface area contributed by atoms with Gasteiger partial charge in [0, 0.05) is 15.6 Å². The topological polar surface area (TPSA) is 87.7 Å². The van der Waals surface area contributed by atoms with Crippen LogP contribution in [-0.2, 0) is 0 Å². The zero-order valence-corrected chi connectivity index (χ0v) is 11.2. The first kappa shape index (κ1) is 14.6. The quantitative estimate of drug-likeness (QED) is 0.344. The fourth-order valence-electron chi connectivity index (χ4n) is 1.38. The van der Waals surface area contributed by atoms with E-state index in [0.717, 1.165) is 0 Å². The molecule has 0 aliphatic heterocycles. The van der Waals surface area contributed by atoms with Gasteiger partial charge in [0.1, 0.15) is 0 Å². The Morgan fingerprint density at radius 3 is 2.44 bits per heavy atom. The van der Waals surface area contributed by atoms with Gasteiger partial charge >= 0.3 is 0 Å². The van der Waals surface area contributed by atoms with Crippen LogP contribution in [0.1, 0.15) is 23.7 Å². The monoisotopic (exact) mass is 289 g/mol. The summed E-state index contributed by atoms with van der Waals surface area (Å²) in [4.78, 5) is 11.9. The van der Waals surface area contributed by atoms with Gasteiger partial charge in [0.25, 0.3) is 5.91 Å². The minimum atomic E-state index is -0.541. The van der Waals surface area contributed by atoms with Crippen LogP contribution >= 0.6 is 23.2 Å². The molecule has 0 bridgehead atoms. The number of rotatable bonds is 4. The third-order valence-electron chi connectivity index (χ3n) is 2.31. The van der Waals surface area contributed by atoms with Gasteiger partial charge in [-0.05, 0) is 24.6 Å². The molecular formula is C11H13Cl2N3O2. The summed E-state index contributed by atoms with van der Waals surface area (Å²) in [5.41, 5.74) is 5.76. The van der Waals surface area contributed by atoms with Gasteiger partial charge < -0.3 is 16.3 Å². The molecule has 0 heterocycles. The summed E-state index contributed by atoms with van der Waals surface area (Å²) in [6.45, 7) is 1.80. The molecule has 1 amide bonds. The van der Waals surface area contributed by atoms with Crippen LogP contribution in [0.4, 0.5) is 0 Å². The summed E-state index contributed by atoms with van der Waals surface area (Å²) in [6, 6.07) is 3.96. The number of halogens is 2. The van der Waals surface area contributed by atoms with Gasteiger partial charge in [-0.25, -0.2) is 0 Å². The van der Waals surface area contributed by atoms with Crippen molar-refractivity contribution in [1.29, 1.82) is 0 Å². The molecule has 4 N–H and O–H groups in total. The molecule has 98 valence electrons. The number of amidine groups is 1. The summed E-state index contributed by atoms with van der Waals surface area (Å²) < 4.78 is 0. The number of nitrogens with zero attached hydrogens (tertiary/aromatic N) is 1. The Morgan fingerprint density at radius 1 is 1.44 bits per heavy atom. The Hall–Kier alpha value is -1.46. The largest absolute Gasteiger partial charge is 0.409 e. The molecule has 0 fully saturated rings. The molecule has 1 aromatic carbocycles. The predicted octanol–water partition coefficient (Wildman–Crippen LogP) is 2.25. The average molecular weight is 290 g/mol. The van der Waals surface area contributed by atoms with E-state index in [9.17, 15) is 4.79 Å². The second kappa shape index (κ2) is 6.47. The molecule has 18 heavy (non-hydrogen) atoms. The molecule has 1 rings (SSSR count). The SMILES string of the molecule is CCC(NC(=O)c1cc(Cl)cc(Cl)c1)/C(N)=N/O. The molecule has 1 atom stereocenters. The number of amides is 1. The van der Waals surface area contributed by atoms with Crippen LogP contribution in [0.3, 0.4) is 0 Å². The first-order chi connectivity index (χ1) is 8.47. The standard InChI is InChI=1S/C11H13Cl2N3O2/c1-2-9(10(14)16-18)15-11(17)6-3-7(12)5-8(13)4-6/h3-5,9,18H,2H2,1H3,(H2,14,16)(H,15,17). The van der Waals surface area contributed by atoms with E-state index >= 15 is 0 Å². The summed E-state index contributed by atoms with van der Waals surface area (Å²) in [6.07, 6.45) is 0.496. The minimum absolute atomic E-state index is 0.0565. The normalized spacial score (nSPS) is 13.2. The van der Waals surface area contributed by atoms with E-state index in [2.05, 4.69) is 10.5 Å². The lowest BCUT2D eigenvalue weighted by atomic mass is 10.1. The highest BCUT2D eigenvalue weighted by Gasteiger charge is 2.16. The van der Waals surface area contributed by atoms with Crippen molar-refractivity contribution in [3.8, 4) is 0 Å². The maximum absolute atomic E-state index is 11.9. The lowest BCUT2D eigenvalue weighted by Gasteiger charge is -2.15. The Morgan fingerprint density at radius 2 is 2.00 bits per heavy atom. The van der Waals surface area contributed by atoms with E-state index in [4.69, 9.17) is 34.1 Å². The zero-order valence-electron chi connectivity index (χ0n) is 9.65. The Labute approximate surface area is 115 Å². The predicted molar refractivity (Wildman–Crippen MR) is 71.4 cm³/mol. The van der Waals surface area contributed by atoms with Crippen molar-refractivity contribution >= 4 is 34.9 Å². The van der Waals surface area contributed by atoms with Crippen LogP contribution in [0.5, 0.6) is 0 Å². The maximum atomic E-state index is 11.9. The molecule has 0 saturated carbocycles. The molecule has 0 aliphatic rings. The number of benzene rings is 1. The molecule has 0 spiro atoms. The smallest absolute Gasteiger partial charge is 0.251 e. The van der Waals surface area contributed by atoms with Crippen LogP contribution in [0.25, 0.3) is 0 Å². The van der Waals surface area contributed by atoms with Crippen molar-refractivity contribution in [2.75, 3.05) is 0 Å². The van der Waals surface area contributed by atoms with E-state index in [1.54, 1.807) is 6.92 Å². The van der Waals surface area contributed by atoms with E-state index in [1.807, 2.05) is 0 Å². The van der Waals surface area contributed by atoms with E-state index < -0.39 is 11.9 Å². The van der Waals surface area contributed by atoms with Crippen molar-refractivity contribution in [2.24, 2.45) is 10.9 Å². The fraction of sp³-hybridized carbons (Fsp3) is 0.273. The highest BCUT2D eigenvalue weighted by molar-refractivity contribution is 6.35. The van der Waals surface area contributed by atoms with Crippen LogP contribution < -0.4 is 11.1 Å². The average Bonchev–Trinajstić information content (AvgIpc) is 2.33. The van der Waals surface area contributed by atoms with E-state index in [0.29, 0.717) is 22.0 Å². The molecule has 0 saturated heterocycles. The number of carbonyl (C=O) groups excluding carboxylic acids is 1. The Bertz CT molecular complexity index is 457. The molecule has 1 unspecified atom stereocenters. The van der Waals surface area contributed by atoms with Gasteiger partial charge in [0.05, 0.1) is 6.04 Å². The van der Waals surface area contributed by atoms with Gasteiger partial charge in [-0.15, -0.1) is 0 Å². The Balaban J connectivity index is 2.87. The number of nitrogens with two attached hydrogens (primary N) is 1. The van der Waals surface area contributed by atoms with E-state index in [-0.39, 0.29) is 5.84 Å². The van der Waals surface area contributed by atoms with Crippen molar-refractivity contribution in [3.63, 3.8) is 0 Å². The molecular weight excluding hydrogens is 277 g/mol. The van der Waals surface area contributed by atoms with Gasteiger partial charge in [-0.2, -0.15) is 0 Å². The molecule has 0 radical (unpaired) electrons. The second-order valence-electron chi connectivity index (χ2n) is 3.62. The van der Waals surface area contributed by atoms with Gasteiger partial charge in [0.2, 0.25) is 0 Å². The zero-order chi connectivity index (χ0) is 13.7. The number of oxime groups is 1.